The van der Waals surface area contributed by atoms with Crippen molar-refractivity contribution in [3.63, 3.8) is 0 Å². The summed E-state index contributed by atoms with van der Waals surface area (Å²) in [7, 11) is 3.61. The maximum atomic E-state index is 9.73. The normalized spacial score (nSPS) is 10.1. The molecule has 0 unspecified atom stereocenters. The third-order valence-corrected chi connectivity index (χ3v) is 1.34. The Morgan fingerprint density at radius 3 is 2.55 bits per heavy atom. The van der Waals surface area contributed by atoms with Crippen molar-refractivity contribution in [3.8, 4) is 0 Å². The second-order valence-corrected chi connectivity index (χ2v) is 2.26. The van der Waals surface area contributed by atoms with E-state index in [0.29, 0.717) is 19.7 Å². The molecule has 0 fully saturated rings. The van der Waals surface area contributed by atoms with Crippen LogP contribution in [0.3, 0.4) is 0 Å². The van der Waals surface area contributed by atoms with Gasteiger partial charge < -0.3 is 14.4 Å². The molecule has 66 valence electrons. The van der Waals surface area contributed by atoms with Gasteiger partial charge in [-0.15, -0.1) is 0 Å². The van der Waals surface area contributed by atoms with Gasteiger partial charge in [0.05, 0.1) is 6.61 Å². The summed E-state index contributed by atoms with van der Waals surface area (Å²) in [6.07, 6.45) is 0. The summed E-state index contributed by atoms with van der Waals surface area (Å²) in [5, 5.41) is 0. The Balaban J connectivity index is 3.08. The molecule has 0 aromatic rings. The van der Waals surface area contributed by atoms with Crippen molar-refractivity contribution in [3.05, 3.63) is 0 Å². The third kappa shape index (κ3) is 7.29. The number of hydrogen-bond donors (Lipinski definition) is 0. The van der Waals surface area contributed by atoms with Crippen molar-refractivity contribution in [1.82, 2.24) is 4.90 Å². The van der Waals surface area contributed by atoms with Gasteiger partial charge >= 0.3 is 0 Å². The van der Waals surface area contributed by atoms with E-state index in [2.05, 4.69) is 4.74 Å². The molecular weight excluding hydrogens is 146 g/mol. The van der Waals surface area contributed by atoms with Crippen LogP contribution in [0.15, 0.2) is 0 Å². The Bertz CT molecular complexity index is 97.7. The predicted molar refractivity (Wildman–Crippen MR) is 41.4 cm³/mol. The molecule has 0 rings (SSSR count). The minimum Gasteiger partial charge on any atom is -0.467 e. The number of nitrogens with zero attached hydrogens (tertiary/aromatic N) is 1. The van der Waals surface area contributed by atoms with E-state index in [0.717, 1.165) is 13.1 Å². The minimum atomic E-state index is 0.448. The number of hydrogen-bond acceptors (Lipinski definition) is 4. The molecule has 0 N–H and O–H groups in total. The summed E-state index contributed by atoms with van der Waals surface area (Å²) in [6, 6.07) is 0. The van der Waals surface area contributed by atoms with Crippen LogP contribution in [0.25, 0.3) is 0 Å². The fraction of sp³-hybridized carbons (Fsp3) is 0.857. The van der Waals surface area contributed by atoms with Gasteiger partial charge in [-0.25, -0.2) is 0 Å². The maximum Gasteiger partial charge on any atom is 0.293 e. The maximum absolute atomic E-state index is 9.73. The highest BCUT2D eigenvalue weighted by Crippen LogP contribution is 1.81. The Morgan fingerprint density at radius 2 is 2.00 bits per heavy atom. The van der Waals surface area contributed by atoms with Crippen LogP contribution < -0.4 is 0 Å². The topological polar surface area (TPSA) is 38.8 Å². The van der Waals surface area contributed by atoms with Gasteiger partial charge in [-0.1, -0.05) is 0 Å². The van der Waals surface area contributed by atoms with Gasteiger partial charge in [-0.05, 0) is 7.05 Å². The second kappa shape index (κ2) is 7.50. The lowest BCUT2D eigenvalue weighted by atomic mass is 10.5. The highest BCUT2D eigenvalue weighted by Gasteiger charge is 1.95. The molecule has 0 amide bonds. The Labute approximate surface area is 67.1 Å². The molecule has 11 heavy (non-hydrogen) atoms. The zero-order valence-corrected chi connectivity index (χ0v) is 7.08. The van der Waals surface area contributed by atoms with Gasteiger partial charge in [0.25, 0.3) is 6.47 Å². The number of rotatable bonds is 7. The van der Waals surface area contributed by atoms with Crippen LogP contribution in [0.4, 0.5) is 0 Å². The number of ether oxygens (including phenoxy) is 2. The lowest BCUT2D eigenvalue weighted by molar-refractivity contribution is -0.129. The minimum absolute atomic E-state index is 0.448. The molecule has 4 nitrogen and oxygen atoms in total. The van der Waals surface area contributed by atoms with Crippen LogP contribution in [0.1, 0.15) is 0 Å². The Morgan fingerprint density at radius 1 is 1.36 bits per heavy atom. The third-order valence-electron chi connectivity index (χ3n) is 1.34. The van der Waals surface area contributed by atoms with Gasteiger partial charge in [0.2, 0.25) is 0 Å². The first-order chi connectivity index (χ1) is 5.31. The zero-order chi connectivity index (χ0) is 8.53. The molecule has 0 bridgehead atoms. The fourth-order valence-corrected chi connectivity index (χ4v) is 0.616. The van der Waals surface area contributed by atoms with E-state index in [1.54, 1.807) is 7.11 Å². The molecule has 0 aliphatic carbocycles. The fourth-order valence-electron chi connectivity index (χ4n) is 0.616. The Hall–Kier alpha value is -0.610. The molecule has 0 aromatic carbocycles. The first-order valence-electron chi connectivity index (χ1n) is 3.54. The highest BCUT2D eigenvalue weighted by atomic mass is 16.5. The van der Waals surface area contributed by atoms with E-state index in [4.69, 9.17) is 4.74 Å². The van der Waals surface area contributed by atoms with Crippen molar-refractivity contribution in [1.29, 1.82) is 0 Å². The molecule has 0 aliphatic rings. The summed E-state index contributed by atoms with van der Waals surface area (Å²) >= 11 is 0. The average molecular weight is 161 g/mol. The van der Waals surface area contributed by atoms with Crippen molar-refractivity contribution in [2.45, 2.75) is 0 Å². The van der Waals surface area contributed by atoms with Crippen LogP contribution in [0, 0.1) is 0 Å². The van der Waals surface area contributed by atoms with Crippen LogP contribution in [-0.4, -0.2) is 51.8 Å². The van der Waals surface area contributed by atoms with Crippen LogP contribution in [0.2, 0.25) is 0 Å². The lowest BCUT2D eigenvalue weighted by Gasteiger charge is -2.14. The SMILES string of the molecule is COCCN(C)CCOC=O. The molecule has 0 spiro atoms. The van der Waals surface area contributed by atoms with Crippen molar-refractivity contribution >= 4 is 6.47 Å². The zero-order valence-electron chi connectivity index (χ0n) is 7.08. The summed E-state index contributed by atoms with van der Waals surface area (Å²) in [6.45, 7) is 3.23. The van der Waals surface area contributed by atoms with Crippen LogP contribution >= 0.6 is 0 Å². The van der Waals surface area contributed by atoms with Gasteiger partial charge in [0.1, 0.15) is 6.61 Å². The number of carbonyl (C=O) groups excluding carboxylic acids is 1. The molecule has 0 saturated heterocycles. The molecule has 0 aliphatic heterocycles. The van der Waals surface area contributed by atoms with Crippen molar-refractivity contribution in [2.75, 3.05) is 40.5 Å². The monoisotopic (exact) mass is 161 g/mol. The molecule has 0 radical (unpaired) electrons. The summed E-state index contributed by atoms with van der Waals surface area (Å²) in [5.74, 6) is 0. The predicted octanol–water partition coefficient (Wildman–Crippen LogP) is -0.262. The van der Waals surface area contributed by atoms with E-state index in [1.807, 2.05) is 11.9 Å². The first kappa shape index (κ1) is 10.4. The molecule has 0 heterocycles. The Kier molecular flexibility index (Phi) is 7.08. The van der Waals surface area contributed by atoms with Gasteiger partial charge in [0.15, 0.2) is 0 Å². The van der Waals surface area contributed by atoms with Gasteiger partial charge in [-0.3, -0.25) is 4.79 Å². The standard InChI is InChI=1S/C7H15NO3/c1-8(3-5-10-2)4-6-11-7-9/h7H,3-6H2,1-2H3. The molecule has 0 aromatic heterocycles. The largest absolute Gasteiger partial charge is 0.467 e. The van der Waals surface area contributed by atoms with Gasteiger partial charge in [-0.2, -0.15) is 0 Å². The van der Waals surface area contributed by atoms with E-state index < -0.39 is 0 Å². The number of methoxy groups -OCH3 is 1. The lowest BCUT2D eigenvalue weighted by Crippen LogP contribution is -2.26. The van der Waals surface area contributed by atoms with Gasteiger partial charge in [0, 0.05) is 20.2 Å². The quantitative estimate of drug-likeness (QED) is 0.381. The molecule has 0 atom stereocenters. The number of likely N-dealkylation sites (N-methyl/N-ethyl adjacent to an activating group) is 1. The average Bonchev–Trinajstić information content (AvgIpc) is 2.01. The second-order valence-electron chi connectivity index (χ2n) is 2.26. The summed E-state index contributed by atoms with van der Waals surface area (Å²) in [5.41, 5.74) is 0. The van der Waals surface area contributed by atoms with E-state index in [1.165, 1.54) is 0 Å². The van der Waals surface area contributed by atoms with Crippen molar-refractivity contribution < 1.29 is 14.3 Å². The van der Waals surface area contributed by atoms with Crippen LogP contribution in [-0.2, 0) is 14.3 Å². The van der Waals surface area contributed by atoms with E-state index >= 15 is 0 Å². The van der Waals surface area contributed by atoms with E-state index in [9.17, 15) is 4.79 Å². The molecule has 4 heteroatoms. The van der Waals surface area contributed by atoms with Crippen molar-refractivity contribution in [2.24, 2.45) is 0 Å². The summed E-state index contributed by atoms with van der Waals surface area (Å²) < 4.78 is 9.39. The highest BCUT2D eigenvalue weighted by molar-refractivity contribution is 5.36. The van der Waals surface area contributed by atoms with Crippen LogP contribution in [0.5, 0.6) is 0 Å². The molecular formula is C7H15NO3. The number of carbonyl (C=O) groups is 1. The smallest absolute Gasteiger partial charge is 0.293 e. The summed E-state index contributed by atoms with van der Waals surface area (Å²) in [4.78, 5) is 11.8. The van der Waals surface area contributed by atoms with E-state index in [-0.39, 0.29) is 0 Å². The molecule has 0 saturated carbocycles. The first-order valence-corrected chi connectivity index (χ1v) is 3.54.